The van der Waals surface area contributed by atoms with Crippen LogP contribution in [0.3, 0.4) is 0 Å². The van der Waals surface area contributed by atoms with E-state index in [-0.39, 0.29) is 22.9 Å². The Hall–Kier alpha value is -4.69. The number of nitrogens with zero attached hydrogens (tertiary/aromatic N) is 2. The second-order valence-corrected chi connectivity index (χ2v) is 7.80. The Morgan fingerprint density at radius 3 is 2.23 bits per heavy atom. The van der Waals surface area contributed by atoms with E-state index < -0.39 is 11.9 Å². The third-order valence-corrected chi connectivity index (χ3v) is 5.20. The zero-order valence-corrected chi connectivity index (χ0v) is 18.9. The molecule has 0 spiro atoms. The van der Waals surface area contributed by atoms with Crippen molar-refractivity contribution < 1.29 is 19.5 Å². The Morgan fingerprint density at radius 1 is 0.886 bits per heavy atom. The van der Waals surface area contributed by atoms with E-state index in [2.05, 4.69) is 15.7 Å². The van der Waals surface area contributed by atoms with Crippen LogP contribution in [0.1, 0.15) is 26.3 Å². The first-order valence-electron chi connectivity index (χ1n) is 10.4. The summed E-state index contributed by atoms with van der Waals surface area (Å²) in [5.41, 5.74) is 2.05. The van der Waals surface area contributed by atoms with E-state index in [0.29, 0.717) is 16.4 Å². The number of carbonyl (C=O) groups is 3. The maximum Gasteiger partial charge on any atom is 0.341 e. The molecule has 0 saturated heterocycles. The number of halogens is 1. The Kier molecular flexibility index (Phi) is 7.04. The highest BCUT2D eigenvalue weighted by molar-refractivity contribution is 6.30. The fraction of sp³-hybridized carbons (Fsp3) is 0. The molecule has 35 heavy (non-hydrogen) atoms. The number of amides is 2. The molecule has 174 valence electrons. The minimum Gasteiger partial charge on any atom is -0.477 e. The van der Waals surface area contributed by atoms with E-state index in [4.69, 9.17) is 11.6 Å². The number of anilines is 2. The lowest BCUT2D eigenvalue weighted by molar-refractivity contribution is -0.111. The molecule has 3 aromatic carbocycles. The summed E-state index contributed by atoms with van der Waals surface area (Å²) in [5.74, 6) is -2.04. The monoisotopic (exact) mass is 486 g/mol. The molecule has 0 aliphatic carbocycles. The summed E-state index contributed by atoms with van der Waals surface area (Å²) in [4.78, 5) is 36.7. The molecule has 0 aliphatic heterocycles. The molecule has 1 aromatic heterocycles. The van der Waals surface area contributed by atoms with Crippen molar-refractivity contribution >= 4 is 47.0 Å². The molecule has 0 bridgehead atoms. The van der Waals surface area contributed by atoms with Gasteiger partial charge < -0.3 is 15.7 Å². The Balaban J connectivity index is 1.45. The SMILES string of the molecule is O=C(C=Cc1ccc(Cl)cc1)Nc1ccc(C(=O)Nc2c(C(=O)O)cnn2-c2ccccc2)cc1. The Bertz CT molecular complexity index is 1400. The molecular weight excluding hydrogens is 468 g/mol. The molecule has 0 saturated carbocycles. The van der Waals surface area contributed by atoms with E-state index in [9.17, 15) is 19.5 Å². The molecule has 0 aliphatic rings. The van der Waals surface area contributed by atoms with Crippen molar-refractivity contribution in [3.05, 3.63) is 113 Å². The number of nitrogens with one attached hydrogen (secondary N) is 2. The molecule has 0 atom stereocenters. The van der Waals surface area contributed by atoms with Crippen LogP contribution in [0.2, 0.25) is 5.02 Å². The number of rotatable bonds is 7. The van der Waals surface area contributed by atoms with Crippen LogP contribution in [0.15, 0.2) is 91.1 Å². The standard InChI is InChI=1S/C26H19ClN4O4/c27-19-11-6-17(7-12-19)8-15-23(32)29-20-13-9-18(10-14-20)25(33)30-24-22(26(34)35)16-28-31(24)21-4-2-1-3-5-21/h1-16H,(H,29,32)(H,30,33)(H,34,35). The van der Waals surface area contributed by atoms with Gasteiger partial charge in [-0.3, -0.25) is 9.59 Å². The van der Waals surface area contributed by atoms with Gasteiger partial charge in [0.2, 0.25) is 5.91 Å². The predicted molar refractivity (Wildman–Crippen MR) is 134 cm³/mol. The van der Waals surface area contributed by atoms with Gasteiger partial charge in [0.05, 0.1) is 11.9 Å². The first kappa shape index (κ1) is 23.5. The zero-order chi connectivity index (χ0) is 24.8. The van der Waals surface area contributed by atoms with Gasteiger partial charge >= 0.3 is 5.97 Å². The lowest BCUT2D eigenvalue weighted by Crippen LogP contribution is -2.17. The molecule has 0 unspecified atom stereocenters. The predicted octanol–water partition coefficient (Wildman–Crippen LogP) is 5.13. The summed E-state index contributed by atoms with van der Waals surface area (Å²) >= 11 is 5.85. The quantitative estimate of drug-likeness (QED) is 0.313. The van der Waals surface area contributed by atoms with Gasteiger partial charge in [0, 0.05) is 22.3 Å². The topological polar surface area (TPSA) is 113 Å². The molecule has 4 rings (SSSR count). The number of aromatic carboxylic acids is 1. The molecule has 0 radical (unpaired) electrons. The lowest BCUT2D eigenvalue weighted by atomic mass is 10.2. The van der Waals surface area contributed by atoms with Crippen molar-refractivity contribution in [3.63, 3.8) is 0 Å². The summed E-state index contributed by atoms with van der Waals surface area (Å²) in [6, 6.07) is 22.1. The van der Waals surface area contributed by atoms with Crippen LogP contribution < -0.4 is 10.6 Å². The smallest absolute Gasteiger partial charge is 0.341 e. The summed E-state index contributed by atoms with van der Waals surface area (Å²) in [6.45, 7) is 0. The molecule has 8 nitrogen and oxygen atoms in total. The fourth-order valence-electron chi connectivity index (χ4n) is 3.20. The minimum atomic E-state index is -1.22. The van der Waals surface area contributed by atoms with Gasteiger partial charge in [-0.1, -0.05) is 41.9 Å². The van der Waals surface area contributed by atoms with Gasteiger partial charge in [0.15, 0.2) is 5.82 Å². The number of hydrogen-bond donors (Lipinski definition) is 3. The van der Waals surface area contributed by atoms with E-state index in [1.807, 2.05) is 6.07 Å². The molecule has 9 heteroatoms. The highest BCUT2D eigenvalue weighted by Gasteiger charge is 2.20. The average Bonchev–Trinajstić information content (AvgIpc) is 3.28. The molecule has 0 fully saturated rings. The van der Waals surface area contributed by atoms with Crippen molar-refractivity contribution in [2.24, 2.45) is 0 Å². The second-order valence-electron chi connectivity index (χ2n) is 7.36. The lowest BCUT2D eigenvalue weighted by Gasteiger charge is -2.11. The van der Waals surface area contributed by atoms with Crippen LogP contribution in [0.4, 0.5) is 11.5 Å². The van der Waals surface area contributed by atoms with Gasteiger partial charge in [-0.2, -0.15) is 5.10 Å². The van der Waals surface area contributed by atoms with Crippen LogP contribution in [0.25, 0.3) is 11.8 Å². The fourth-order valence-corrected chi connectivity index (χ4v) is 3.33. The average molecular weight is 487 g/mol. The van der Waals surface area contributed by atoms with Crippen LogP contribution >= 0.6 is 11.6 Å². The number of para-hydroxylation sites is 1. The van der Waals surface area contributed by atoms with Gasteiger partial charge in [0.1, 0.15) is 5.56 Å². The van der Waals surface area contributed by atoms with Gasteiger partial charge in [-0.25, -0.2) is 9.48 Å². The van der Waals surface area contributed by atoms with Crippen molar-refractivity contribution in [2.45, 2.75) is 0 Å². The number of aromatic nitrogens is 2. The maximum absolute atomic E-state index is 12.8. The summed E-state index contributed by atoms with van der Waals surface area (Å²) < 4.78 is 1.35. The van der Waals surface area contributed by atoms with Gasteiger partial charge in [-0.05, 0) is 60.2 Å². The summed E-state index contributed by atoms with van der Waals surface area (Å²) in [7, 11) is 0. The summed E-state index contributed by atoms with van der Waals surface area (Å²) in [6.07, 6.45) is 4.23. The maximum atomic E-state index is 12.8. The number of carbonyl (C=O) groups excluding carboxylic acids is 2. The van der Waals surface area contributed by atoms with Gasteiger partial charge in [0.25, 0.3) is 5.91 Å². The van der Waals surface area contributed by atoms with Crippen LogP contribution in [0, 0.1) is 0 Å². The molecule has 1 heterocycles. The Labute approximate surface area is 205 Å². The zero-order valence-electron chi connectivity index (χ0n) is 18.2. The van der Waals surface area contributed by atoms with Crippen molar-refractivity contribution in [1.29, 1.82) is 0 Å². The number of hydrogen-bond acceptors (Lipinski definition) is 4. The molecule has 2 amide bonds. The van der Waals surface area contributed by atoms with E-state index >= 15 is 0 Å². The van der Waals surface area contributed by atoms with E-state index in [0.717, 1.165) is 5.56 Å². The van der Waals surface area contributed by atoms with Crippen molar-refractivity contribution in [3.8, 4) is 5.69 Å². The molecular formula is C26H19ClN4O4. The van der Waals surface area contributed by atoms with E-state index in [1.165, 1.54) is 29.1 Å². The van der Waals surface area contributed by atoms with Crippen LogP contribution in [0.5, 0.6) is 0 Å². The number of carboxylic acids is 1. The number of benzene rings is 3. The normalized spacial score (nSPS) is 10.8. The van der Waals surface area contributed by atoms with Crippen LogP contribution in [-0.4, -0.2) is 32.7 Å². The largest absolute Gasteiger partial charge is 0.477 e. The summed E-state index contributed by atoms with van der Waals surface area (Å²) in [5, 5.41) is 19.6. The second kappa shape index (κ2) is 10.5. The first-order valence-corrected chi connectivity index (χ1v) is 10.8. The van der Waals surface area contributed by atoms with Crippen molar-refractivity contribution in [2.75, 3.05) is 10.6 Å². The first-order chi connectivity index (χ1) is 16.9. The molecule has 3 N–H and O–H groups in total. The number of carboxylic acid groups (broad SMARTS) is 1. The third kappa shape index (κ3) is 5.82. The minimum absolute atomic E-state index is 0.0402. The Morgan fingerprint density at radius 2 is 1.57 bits per heavy atom. The molecule has 4 aromatic rings. The van der Waals surface area contributed by atoms with Crippen LogP contribution in [-0.2, 0) is 4.79 Å². The van der Waals surface area contributed by atoms with Gasteiger partial charge in [-0.15, -0.1) is 0 Å². The van der Waals surface area contributed by atoms with Crippen molar-refractivity contribution in [1.82, 2.24) is 9.78 Å². The highest BCUT2D eigenvalue weighted by atomic mass is 35.5. The third-order valence-electron chi connectivity index (χ3n) is 4.94. The highest BCUT2D eigenvalue weighted by Crippen LogP contribution is 2.21. The van der Waals surface area contributed by atoms with E-state index in [1.54, 1.807) is 66.7 Å².